The van der Waals surface area contributed by atoms with Crippen LogP contribution in [0.5, 0.6) is 5.75 Å². The molecule has 0 aromatic heterocycles. The monoisotopic (exact) mass is 462 g/mol. The average Bonchev–Trinajstić information content (AvgIpc) is 2.79. The first kappa shape index (κ1) is 27.1. The van der Waals surface area contributed by atoms with Gasteiger partial charge in [-0.15, -0.1) is 0 Å². The van der Waals surface area contributed by atoms with E-state index in [9.17, 15) is 9.90 Å². The van der Waals surface area contributed by atoms with Gasteiger partial charge in [0.05, 0.1) is 12.1 Å². The lowest BCUT2D eigenvalue weighted by Crippen LogP contribution is -2.47. The second-order valence-corrected chi connectivity index (χ2v) is 8.62. The van der Waals surface area contributed by atoms with E-state index in [1.807, 2.05) is 87.5 Å². The highest BCUT2D eigenvalue weighted by Crippen LogP contribution is 2.22. The van der Waals surface area contributed by atoms with E-state index in [4.69, 9.17) is 10.5 Å². The molecule has 182 valence electrons. The van der Waals surface area contributed by atoms with Gasteiger partial charge in [0.1, 0.15) is 5.75 Å². The Bertz CT molecular complexity index is 962. The van der Waals surface area contributed by atoms with Crippen LogP contribution in [0.1, 0.15) is 36.5 Å². The number of hydrogen-bond acceptors (Lipinski definition) is 4. The van der Waals surface area contributed by atoms with Crippen molar-refractivity contribution < 1.29 is 14.6 Å². The number of aryl methyl sites for hydroxylation is 2. The van der Waals surface area contributed by atoms with Gasteiger partial charge in [0.25, 0.3) is 5.91 Å². The molecule has 0 radical (unpaired) electrons. The Labute approximate surface area is 204 Å². The van der Waals surface area contributed by atoms with Gasteiger partial charge in [0.15, 0.2) is 6.61 Å². The molecule has 0 fully saturated rings. The zero-order chi connectivity index (χ0) is 24.9. The van der Waals surface area contributed by atoms with E-state index in [1.54, 1.807) is 6.08 Å². The average molecular weight is 463 g/mol. The fraction of sp³-hybridized carbons (Fsp3) is 0.345. The number of nitrogens with two attached hydrogens (primary N) is 1. The minimum absolute atomic E-state index is 0.130. The van der Waals surface area contributed by atoms with Crippen LogP contribution in [0.15, 0.2) is 85.0 Å². The fourth-order valence-corrected chi connectivity index (χ4v) is 3.98. The van der Waals surface area contributed by atoms with Gasteiger partial charge in [-0.3, -0.25) is 4.79 Å². The predicted molar refractivity (Wildman–Crippen MR) is 140 cm³/mol. The minimum atomic E-state index is -0.818. The zero-order valence-corrected chi connectivity index (χ0v) is 20.5. The van der Waals surface area contributed by atoms with Crippen molar-refractivity contribution in [2.24, 2.45) is 5.73 Å². The Hall–Kier alpha value is -3.15. The maximum atomic E-state index is 12.8. The number of para-hydroxylation sites is 1. The Morgan fingerprint density at radius 2 is 1.82 bits per heavy atom. The maximum Gasteiger partial charge on any atom is 0.258 e. The van der Waals surface area contributed by atoms with Crippen LogP contribution in [0.2, 0.25) is 0 Å². The molecular formula is C29H38N2O3. The summed E-state index contributed by atoms with van der Waals surface area (Å²) in [6.45, 7) is 9.46. The highest BCUT2D eigenvalue weighted by Gasteiger charge is 2.24. The Morgan fingerprint density at radius 1 is 1.15 bits per heavy atom. The van der Waals surface area contributed by atoms with Crippen molar-refractivity contribution in [3.63, 3.8) is 0 Å². The summed E-state index contributed by atoms with van der Waals surface area (Å²) in [7, 11) is 0. The lowest BCUT2D eigenvalue weighted by Gasteiger charge is -2.27. The third-order valence-electron chi connectivity index (χ3n) is 5.62. The number of nitrogens with one attached hydrogen (secondary N) is 1. The summed E-state index contributed by atoms with van der Waals surface area (Å²) in [6, 6.07) is 15.1. The number of benzene rings is 2. The second-order valence-electron chi connectivity index (χ2n) is 8.62. The smallest absolute Gasteiger partial charge is 0.258 e. The third-order valence-corrected chi connectivity index (χ3v) is 5.62. The number of aliphatic hydroxyl groups is 1. The van der Waals surface area contributed by atoms with Crippen molar-refractivity contribution in [1.29, 1.82) is 0 Å². The Balaban J connectivity index is 2.08. The van der Waals surface area contributed by atoms with Gasteiger partial charge in [-0.25, -0.2) is 0 Å². The first-order valence-corrected chi connectivity index (χ1v) is 11.7. The highest BCUT2D eigenvalue weighted by atomic mass is 16.5. The van der Waals surface area contributed by atoms with Crippen molar-refractivity contribution in [3.8, 4) is 5.75 Å². The van der Waals surface area contributed by atoms with Crippen LogP contribution in [0.25, 0.3) is 0 Å². The molecule has 0 saturated carbocycles. The fourth-order valence-electron chi connectivity index (χ4n) is 3.98. The van der Waals surface area contributed by atoms with E-state index in [0.29, 0.717) is 25.0 Å². The quantitative estimate of drug-likeness (QED) is 0.381. The van der Waals surface area contributed by atoms with Gasteiger partial charge in [-0.1, -0.05) is 79.4 Å². The minimum Gasteiger partial charge on any atom is -0.483 e. The molecule has 4 N–H and O–H groups in total. The van der Waals surface area contributed by atoms with Gasteiger partial charge in [0.2, 0.25) is 0 Å². The van der Waals surface area contributed by atoms with E-state index < -0.39 is 12.1 Å². The molecule has 0 saturated heterocycles. The number of hydrogen-bond donors (Lipinski definition) is 3. The van der Waals surface area contributed by atoms with Gasteiger partial charge >= 0.3 is 0 Å². The highest BCUT2D eigenvalue weighted by molar-refractivity contribution is 5.78. The van der Waals surface area contributed by atoms with Gasteiger partial charge in [-0.05, 0) is 62.3 Å². The van der Waals surface area contributed by atoms with Crippen molar-refractivity contribution in [1.82, 2.24) is 5.32 Å². The molecule has 0 bridgehead atoms. The standard InChI is InChI=1S/C29H38N2O3/c1-5-11-23(12-6-2)18-26(27(32)19-25(30)17-24-15-8-7-9-16-24)31-28(33)20-34-29-21(3)13-10-14-22(29)4/h5-16,25-27,32H,1,17-20,30H2,2-4H3,(H,31,33)/b12-6-,23-11+/t25-,26-,27?/m0/s1. The first-order valence-electron chi connectivity index (χ1n) is 11.7. The molecule has 5 heteroatoms. The van der Waals surface area contributed by atoms with Crippen molar-refractivity contribution in [2.45, 2.75) is 58.2 Å². The summed E-state index contributed by atoms with van der Waals surface area (Å²) in [5, 5.41) is 14.0. The molecule has 0 aliphatic heterocycles. The zero-order valence-electron chi connectivity index (χ0n) is 20.5. The summed E-state index contributed by atoms with van der Waals surface area (Å²) >= 11 is 0. The van der Waals surface area contributed by atoms with Crippen LogP contribution in [0, 0.1) is 13.8 Å². The van der Waals surface area contributed by atoms with E-state index in [2.05, 4.69) is 11.9 Å². The molecular weight excluding hydrogens is 424 g/mol. The first-order chi connectivity index (χ1) is 16.3. The molecule has 2 aromatic rings. The molecule has 1 amide bonds. The third kappa shape index (κ3) is 9.00. The van der Waals surface area contributed by atoms with Crippen LogP contribution in [-0.2, 0) is 11.2 Å². The summed E-state index contributed by atoms with van der Waals surface area (Å²) < 4.78 is 5.81. The molecule has 2 aromatic carbocycles. The van der Waals surface area contributed by atoms with E-state index in [0.717, 1.165) is 22.3 Å². The molecule has 34 heavy (non-hydrogen) atoms. The van der Waals surface area contributed by atoms with Crippen LogP contribution < -0.4 is 15.8 Å². The molecule has 1 unspecified atom stereocenters. The summed E-state index contributed by atoms with van der Waals surface area (Å²) in [5.41, 5.74) is 10.4. The van der Waals surface area contributed by atoms with Gasteiger partial charge in [0, 0.05) is 6.04 Å². The number of allylic oxidation sites excluding steroid dienone is 4. The number of carbonyl (C=O) groups is 1. The van der Waals surface area contributed by atoms with Crippen molar-refractivity contribution >= 4 is 5.91 Å². The van der Waals surface area contributed by atoms with Crippen LogP contribution >= 0.6 is 0 Å². The van der Waals surface area contributed by atoms with Gasteiger partial charge in [-0.2, -0.15) is 0 Å². The van der Waals surface area contributed by atoms with Crippen LogP contribution in [-0.4, -0.2) is 35.8 Å². The van der Waals surface area contributed by atoms with E-state index in [-0.39, 0.29) is 18.6 Å². The van der Waals surface area contributed by atoms with E-state index >= 15 is 0 Å². The number of aliphatic hydroxyl groups excluding tert-OH is 1. The molecule has 3 atom stereocenters. The Morgan fingerprint density at radius 3 is 2.44 bits per heavy atom. The molecule has 0 aliphatic carbocycles. The Kier molecular flexibility index (Phi) is 11.3. The topological polar surface area (TPSA) is 84.6 Å². The molecule has 0 heterocycles. The number of ether oxygens (including phenoxy) is 1. The number of amides is 1. The summed E-state index contributed by atoms with van der Waals surface area (Å²) in [4.78, 5) is 12.8. The van der Waals surface area contributed by atoms with Crippen LogP contribution in [0.4, 0.5) is 0 Å². The largest absolute Gasteiger partial charge is 0.483 e. The summed E-state index contributed by atoms with van der Waals surface area (Å²) in [5.74, 6) is 0.419. The second kappa shape index (κ2) is 14.2. The van der Waals surface area contributed by atoms with E-state index in [1.165, 1.54) is 0 Å². The van der Waals surface area contributed by atoms with Gasteiger partial charge < -0.3 is 20.9 Å². The summed E-state index contributed by atoms with van der Waals surface area (Å²) in [6.07, 6.45) is 8.09. The lowest BCUT2D eigenvalue weighted by atomic mass is 9.93. The van der Waals surface area contributed by atoms with Crippen molar-refractivity contribution in [2.75, 3.05) is 6.61 Å². The normalized spacial score (nSPS) is 14.4. The lowest BCUT2D eigenvalue weighted by molar-refractivity contribution is -0.124. The van der Waals surface area contributed by atoms with Crippen LogP contribution in [0.3, 0.4) is 0 Å². The molecule has 0 aliphatic rings. The maximum absolute atomic E-state index is 12.8. The predicted octanol–water partition coefficient (Wildman–Crippen LogP) is 4.57. The number of carbonyl (C=O) groups excluding carboxylic acids is 1. The number of rotatable bonds is 13. The SMILES string of the molecule is C=C/C=C(\C=C/C)C[C@H](NC(=O)COc1c(C)cccc1C)C(O)C[C@@H](N)Cc1ccccc1. The van der Waals surface area contributed by atoms with Crippen molar-refractivity contribution in [3.05, 3.63) is 102 Å². The molecule has 0 spiro atoms. The molecule has 5 nitrogen and oxygen atoms in total. The molecule has 2 rings (SSSR count).